The summed E-state index contributed by atoms with van der Waals surface area (Å²) in [5.74, 6) is 0.245. The predicted molar refractivity (Wildman–Crippen MR) is 184 cm³/mol. The molecule has 11 heteroatoms. The number of hydrogen-bond acceptors (Lipinski definition) is 5. The first-order chi connectivity index (χ1) is 23.4. The van der Waals surface area contributed by atoms with Crippen LogP contribution in [0.5, 0.6) is 5.75 Å². The Kier molecular flexibility index (Phi) is 11.3. The molecule has 0 spiro atoms. The quantitative estimate of drug-likeness (QED) is 0.173. The number of fused-ring (bicyclic) bond motifs is 1. The highest BCUT2D eigenvalue weighted by Crippen LogP contribution is 2.31. The second kappa shape index (κ2) is 15.6. The molecule has 4 aromatic carbocycles. The number of carbonyl (C=O) groups excluding carboxylic acids is 2. The topological polar surface area (TPSA) is 94.1 Å². The van der Waals surface area contributed by atoms with Gasteiger partial charge in [-0.2, -0.15) is 13.2 Å². The average molecular weight is 675 g/mol. The Hall–Kier alpha value is -4.87. The van der Waals surface area contributed by atoms with Crippen LogP contribution in [0.4, 0.5) is 29.3 Å². The van der Waals surface area contributed by atoms with E-state index in [0.717, 1.165) is 28.8 Å². The van der Waals surface area contributed by atoms with Gasteiger partial charge in [-0.05, 0) is 73.1 Å². The molecule has 0 radical (unpaired) electrons. The number of hydrogen-bond donors (Lipinski definition) is 3. The van der Waals surface area contributed by atoms with Gasteiger partial charge in [0.2, 0.25) is 5.91 Å². The van der Waals surface area contributed by atoms with Crippen molar-refractivity contribution in [3.8, 4) is 16.9 Å². The van der Waals surface area contributed by atoms with Gasteiger partial charge < -0.3 is 25.4 Å². The molecule has 1 heterocycles. The van der Waals surface area contributed by atoms with E-state index in [1.807, 2.05) is 32.2 Å². The standard InChI is InChI=1S/C38H41F3N4O4/c1-25-21-45(26(2)24-46)36(47)20-30-19-33(43-37(48)42-32-15-13-31(14-16-32)38(39,40)41)17-18-34(30)49-35(25)23-44(3)22-27-9-11-29(12-10-27)28-7-5-4-6-8-28/h4-19,25-26,35,46H,20-24H2,1-3H3,(H2,42,43,48)/t25-,26+,35-/m1/s1. The van der Waals surface area contributed by atoms with Gasteiger partial charge >= 0.3 is 12.2 Å². The highest BCUT2D eigenvalue weighted by Gasteiger charge is 2.32. The van der Waals surface area contributed by atoms with E-state index < -0.39 is 23.8 Å². The van der Waals surface area contributed by atoms with Crippen LogP contribution in [0.3, 0.4) is 0 Å². The lowest BCUT2D eigenvalue weighted by Gasteiger charge is -2.34. The summed E-state index contributed by atoms with van der Waals surface area (Å²) in [5.41, 5.74) is 3.75. The Balaban J connectivity index is 1.31. The Bertz CT molecular complexity index is 1720. The molecule has 0 unspecified atom stereocenters. The van der Waals surface area contributed by atoms with E-state index in [-0.39, 0.29) is 36.6 Å². The molecule has 4 aromatic rings. The third-order valence-electron chi connectivity index (χ3n) is 8.65. The second-order valence-electron chi connectivity index (χ2n) is 12.6. The van der Waals surface area contributed by atoms with E-state index in [9.17, 15) is 27.9 Å². The number of aliphatic hydroxyl groups excluding tert-OH is 1. The number of anilines is 2. The summed E-state index contributed by atoms with van der Waals surface area (Å²) in [6.45, 7) is 5.27. The maximum Gasteiger partial charge on any atom is 0.416 e. The van der Waals surface area contributed by atoms with Crippen molar-refractivity contribution in [1.29, 1.82) is 0 Å². The summed E-state index contributed by atoms with van der Waals surface area (Å²) in [7, 11) is 2.02. The Labute approximate surface area is 284 Å². The highest BCUT2D eigenvalue weighted by atomic mass is 19.4. The summed E-state index contributed by atoms with van der Waals surface area (Å²) in [5, 5.41) is 15.2. The summed E-state index contributed by atoms with van der Waals surface area (Å²) in [6, 6.07) is 26.8. The lowest BCUT2D eigenvalue weighted by Crippen LogP contribution is -2.47. The van der Waals surface area contributed by atoms with Crippen LogP contribution < -0.4 is 15.4 Å². The summed E-state index contributed by atoms with van der Waals surface area (Å²) in [6.07, 6.45) is -4.81. The van der Waals surface area contributed by atoms with Crippen LogP contribution in [0.25, 0.3) is 11.1 Å². The van der Waals surface area contributed by atoms with Crippen LogP contribution in [0.2, 0.25) is 0 Å². The molecule has 8 nitrogen and oxygen atoms in total. The SMILES string of the molecule is C[C@@H]1CN([C@@H](C)CO)C(=O)Cc2cc(NC(=O)Nc3ccc(C(F)(F)F)cc3)ccc2O[C@@H]1CN(C)Cc1ccc(-c2ccccc2)cc1. The highest BCUT2D eigenvalue weighted by molar-refractivity contribution is 6.00. The summed E-state index contributed by atoms with van der Waals surface area (Å²) >= 11 is 0. The van der Waals surface area contributed by atoms with Gasteiger partial charge in [-0.15, -0.1) is 0 Å². The van der Waals surface area contributed by atoms with Crippen molar-refractivity contribution in [2.45, 2.75) is 45.1 Å². The van der Waals surface area contributed by atoms with Crippen LogP contribution >= 0.6 is 0 Å². The fourth-order valence-corrected chi connectivity index (χ4v) is 5.88. The number of aliphatic hydroxyl groups is 1. The van der Waals surface area contributed by atoms with E-state index in [2.05, 4.69) is 51.9 Å². The van der Waals surface area contributed by atoms with Crippen molar-refractivity contribution in [2.24, 2.45) is 5.92 Å². The van der Waals surface area contributed by atoms with Crippen LogP contribution in [0, 0.1) is 5.92 Å². The van der Waals surface area contributed by atoms with Gasteiger partial charge in [0.1, 0.15) is 11.9 Å². The first-order valence-electron chi connectivity index (χ1n) is 16.2. The first kappa shape index (κ1) is 35.4. The molecular formula is C38H41F3N4O4. The minimum atomic E-state index is -4.48. The lowest BCUT2D eigenvalue weighted by atomic mass is 10.0. The first-order valence-corrected chi connectivity index (χ1v) is 16.2. The number of ether oxygens (including phenoxy) is 1. The molecule has 1 aliphatic rings. The van der Waals surface area contributed by atoms with Crippen LogP contribution in [-0.4, -0.2) is 65.7 Å². The lowest BCUT2D eigenvalue weighted by molar-refractivity contribution is -0.137. The average Bonchev–Trinajstić information content (AvgIpc) is 3.12. The predicted octanol–water partition coefficient (Wildman–Crippen LogP) is 7.30. The van der Waals surface area contributed by atoms with E-state index in [4.69, 9.17) is 4.74 Å². The van der Waals surface area contributed by atoms with Crippen molar-refractivity contribution >= 4 is 23.3 Å². The normalized spacial score (nSPS) is 17.3. The molecule has 0 saturated heterocycles. The van der Waals surface area contributed by atoms with Crippen LogP contribution in [0.1, 0.15) is 30.5 Å². The largest absolute Gasteiger partial charge is 0.488 e. The maximum absolute atomic E-state index is 13.6. The van der Waals surface area contributed by atoms with Gasteiger partial charge in [0.15, 0.2) is 0 Å². The van der Waals surface area contributed by atoms with Gasteiger partial charge in [-0.25, -0.2) is 4.79 Å². The fourth-order valence-electron chi connectivity index (χ4n) is 5.88. The number of rotatable bonds is 9. The molecule has 0 bridgehead atoms. The Morgan fingerprint density at radius 3 is 2.24 bits per heavy atom. The van der Waals surface area contributed by atoms with E-state index in [1.54, 1.807) is 30.0 Å². The minimum absolute atomic E-state index is 0.0151. The molecular weight excluding hydrogens is 633 g/mol. The number of urea groups is 1. The van der Waals surface area contributed by atoms with E-state index in [0.29, 0.717) is 36.6 Å². The third-order valence-corrected chi connectivity index (χ3v) is 8.65. The second-order valence-corrected chi connectivity index (χ2v) is 12.6. The van der Waals surface area contributed by atoms with Gasteiger partial charge in [-0.3, -0.25) is 9.69 Å². The number of benzene rings is 4. The molecule has 258 valence electrons. The summed E-state index contributed by atoms with van der Waals surface area (Å²) in [4.78, 5) is 30.2. The van der Waals surface area contributed by atoms with Crippen molar-refractivity contribution in [2.75, 3.05) is 37.4 Å². The van der Waals surface area contributed by atoms with Crippen molar-refractivity contribution < 1.29 is 32.6 Å². The van der Waals surface area contributed by atoms with Gasteiger partial charge in [0.25, 0.3) is 0 Å². The van der Waals surface area contributed by atoms with Crippen molar-refractivity contribution in [3.05, 3.63) is 114 Å². The van der Waals surface area contributed by atoms with E-state index in [1.165, 1.54) is 12.1 Å². The molecule has 1 aliphatic heterocycles. The zero-order valence-electron chi connectivity index (χ0n) is 27.7. The number of nitrogens with zero attached hydrogens (tertiary/aromatic N) is 2. The van der Waals surface area contributed by atoms with Crippen LogP contribution in [-0.2, 0) is 23.9 Å². The fraction of sp³-hybridized carbons (Fsp3) is 0.316. The number of halogens is 3. The van der Waals surface area contributed by atoms with Crippen LogP contribution in [0.15, 0.2) is 97.1 Å². The molecule has 0 fully saturated rings. The molecule has 0 aliphatic carbocycles. The molecule has 3 atom stereocenters. The Morgan fingerprint density at radius 1 is 0.959 bits per heavy atom. The smallest absolute Gasteiger partial charge is 0.416 e. The number of carbonyl (C=O) groups is 2. The maximum atomic E-state index is 13.6. The molecule has 0 saturated carbocycles. The molecule has 3 N–H and O–H groups in total. The molecule has 0 aromatic heterocycles. The summed E-state index contributed by atoms with van der Waals surface area (Å²) < 4.78 is 45.3. The number of nitrogens with one attached hydrogen (secondary N) is 2. The number of likely N-dealkylation sites (N-methyl/N-ethyl adjacent to an activating group) is 1. The van der Waals surface area contributed by atoms with Gasteiger partial charge in [-0.1, -0.05) is 61.5 Å². The zero-order chi connectivity index (χ0) is 35.1. The minimum Gasteiger partial charge on any atom is -0.488 e. The molecule has 5 rings (SSSR count). The van der Waals surface area contributed by atoms with Crippen molar-refractivity contribution in [3.63, 3.8) is 0 Å². The van der Waals surface area contributed by atoms with E-state index >= 15 is 0 Å². The molecule has 3 amide bonds. The van der Waals surface area contributed by atoms with Gasteiger partial charge in [0.05, 0.1) is 24.6 Å². The van der Waals surface area contributed by atoms with Crippen molar-refractivity contribution in [1.82, 2.24) is 9.80 Å². The Morgan fingerprint density at radius 2 is 1.59 bits per heavy atom. The molecule has 49 heavy (non-hydrogen) atoms. The third kappa shape index (κ3) is 9.39. The number of amides is 3. The monoisotopic (exact) mass is 674 g/mol. The van der Waals surface area contributed by atoms with Gasteiger partial charge in [0, 0.05) is 42.5 Å². The zero-order valence-corrected chi connectivity index (χ0v) is 27.7. The number of alkyl halides is 3.